The zero-order chi connectivity index (χ0) is 19.1. The first kappa shape index (κ1) is 21.1. The molecule has 0 bridgehead atoms. The molecule has 1 aromatic rings. The first-order chi connectivity index (χ1) is 11.6. The quantitative estimate of drug-likeness (QED) is 0.349. The number of hydrogen-bond acceptors (Lipinski definition) is 3. The minimum absolute atomic E-state index is 0.0657. The highest BCUT2D eigenvalue weighted by Gasteiger charge is 2.40. The van der Waals surface area contributed by atoms with Crippen molar-refractivity contribution in [2.24, 2.45) is 0 Å². The van der Waals surface area contributed by atoms with E-state index in [1.165, 1.54) is 0 Å². The van der Waals surface area contributed by atoms with E-state index in [9.17, 15) is 31.1 Å². The third-order valence-corrected chi connectivity index (χ3v) is 3.15. The lowest BCUT2D eigenvalue weighted by atomic mass is 10.1. The van der Waals surface area contributed by atoms with Gasteiger partial charge in [0.25, 0.3) is 0 Å². The zero-order valence-corrected chi connectivity index (χ0v) is 13.5. The Morgan fingerprint density at radius 1 is 1.04 bits per heavy atom. The molecule has 0 saturated heterocycles. The number of unbranched alkanes of at least 4 members (excludes halogenated alkanes) is 3. The van der Waals surface area contributed by atoms with Crippen molar-refractivity contribution in [3.05, 3.63) is 29.3 Å². The summed E-state index contributed by atoms with van der Waals surface area (Å²) in [4.78, 5) is 11.9. The Labute approximate surface area is 140 Å². The average Bonchev–Trinajstić information content (AvgIpc) is 2.50. The summed E-state index contributed by atoms with van der Waals surface area (Å²) in [5, 5.41) is 0. The molecule has 0 aliphatic carbocycles. The molecule has 0 fully saturated rings. The van der Waals surface area contributed by atoms with Crippen LogP contribution in [0.5, 0.6) is 5.75 Å². The first-order valence-electron chi connectivity index (χ1n) is 7.63. The lowest BCUT2D eigenvalue weighted by Crippen LogP contribution is -2.22. The monoisotopic (exact) mass is 372 g/mol. The lowest BCUT2D eigenvalue weighted by molar-refractivity contribution is -0.159. The molecule has 0 N–H and O–H groups in total. The lowest BCUT2D eigenvalue weighted by Gasteiger charge is -2.18. The summed E-state index contributed by atoms with van der Waals surface area (Å²) in [7, 11) is 0. The summed E-state index contributed by atoms with van der Waals surface area (Å²) in [6.07, 6.45) is -6.80. The predicted octanol–water partition coefficient (Wildman–Crippen LogP) is 5.38. The van der Waals surface area contributed by atoms with Gasteiger partial charge in [-0.15, -0.1) is 0 Å². The van der Waals surface area contributed by atoms with Gasteiger partial charge in [0.1, 0.15) is 11.3 Å². The summed E-state index contributed by atoms with van der Waals surface area (Å²) in [6.45, 7) is 0.00340. The molecule has 3 nitrogen and oxygen atoms in total. The molecular weight excluding hydrogens is 354 g/mol. The van der Waals surface area contributed by atoms with Crippen molar-refractivity contribution < 1.29 is 40.6 Å². The Morgan fingerprint density at radius 3 is 2.28 bits per heavy atom. The van der Waals surface area contributed by atoms with E-state index in [-0.39, 0.29) is 6.61 Å². The normalized spacial score (nSPS) is 12.1. The highest BCUT2D eigenvalue weighted by Crippen LogP contribution is 2.39. The van der Waals surface area contributed by atoms with Crippen LogP contribution in [0.3, 0.4) is 0 Å². The van der Waals surface area contributed by atoms with Crippen molar-refractivity contribution in [1.82, 2.24) is 0 Å². The minimum atomic E-state index is -5.07. The Bertz CT molecular complexity index is 566. The summed E-state index contributed by atoms with van der Waals surface area (Å²) in [6, 6.07) is 2.58. The van der Waals surface area contributed by atoms with E-state index in [1.807, 2.05) is 6.92 Å². The Morgan fingerprint density at radius 2 is 1.72 bits per heavy atom. The highest BCUT2D eigenvalue weighted by atomic mass is 19.4. The largest absolute Gasteiger partial charge is 0.483 e. The fourth-order valence-corrected chi connectivity index (χ4v) is 2.04. The molecule has 1 rings (SSSR count). The van der Waals surface area contributed by atoms with Crippen LogP contribution in [0.25, 0.3) is 0 Å². The second-order valence-corrected chi connectivity index (χ2v) is 5.28. The molecule has 0 radical (unpaired) electrons. The van der Waals surface area contributed by atoms with Crippen molar-refractivity contribution in [3.63, 3.8) is 0 Å². The average molecular weight is 372 g/mol. The number of halogens is 6. The van der Waals surface area contributed by atoms with E-state index in [0.717, 1.165) is 37.5 Å². The van der Waals surface area contributed by atoms with Gasteiger partial charge in [-0.05, 0) is 18.6 Å². The number of carbonyl (C=O) groups is 1. The van der Waals surface area contributed by atoms with Gasteiger partial charge in [-0.1, -0.05) is 32.3 Å². The third kappa shape index (κ3) is 7.23. The fourth-order valence-electron chi connectivity index (χ4n) is 2.04. The van der Waals surface area contributed by atoms with Crippen molar-refractivity contribution in [2.45, 2.75) is 45.0 Å². The van der Waals surface area contributed by atoms with Crippen LogP contribution in [0.1, 0.15) is 48.5 Å². The van der Waals surface area contributed by atoms with Crippen LogP contribution < -0.4 is 4.74 Å². The molecule has 1 aromatic carbocycles. The molecule has 0 aliphatic rings. The van der Waals surface area contributed by atoms with Gasteiger partial charge < -0.3 is 9.47 Å². The molecule has 0 spiro atoms. The van der Waals surface area contributed by atoms with Crippen LogP contribution in [0.15, 0.2) is 18.2 Å². The maximum absolute atomic E-state index is 13.2. The summed E-state index contributed by atoms with van der Waals surface area (Å²) in [5.41, 5.74) is -2.44. The van der Waals surface area contributed by atoms with Gasteiger partial charge >= 0.3 is 18.3 Å². The summed E-state index contributed by atoms with van der Waals surface area (Å²) < 4.78 is 85.2. The highest BCUT2D eigenvalue weighted by molar-refractivity contribution is 5.92. The van der Waals surface area contributed by atoms with Gasteiger partial charge in [0, 0.05) is 0 Å². The van der Waals surface area contributed by atoms with E-state index >= 15 is 0 Å². The van der Waals surface area contributed by atoms with Gasteiger partial charge in [0.05, 0.1) is 12.2 Å². The smallest absolute Gasteiger partial charge is 0.422 e. The van der Waals surface area contributed by atoms with E-state index in [0.29, 0.717) is 6.42 Å². The van der Waals surface area contributed by atoms with Gasteiger partial charge in [0.15, 0.2) is 6.61 Å². The number of hydrogen-bond donors (Lipinski definition) is 0. The van der Waals surface area contributed by atoms with Crippen molar-refractivity contribution >= 4 is 5.97 Å². The molecule has 0 saturated carbocycles. The molecule has 0 aliphatic heterocycles. The number of ether oxygens (including phenoxy) is 2. The molecule has 25 heavy (non-hydrogen) atoms. The number of esters is 1. The van der Waals surface area contributed by atoms with E-state index in [4.69, 9.17) is 4.74 Å². The Balaban J connectivity index is 2.96. The molecule has 142 valence electrons. The predicted molar refractivity (Wildman–Crippen MR) is 77.4 cm³/mol. The summed E-state index contributed by atoms with van der Waals surface area (Å²) >= 11 is 0. The molecule has 0 amide bonds. The van der Waals surface area contributed by atoms with E-state index in [2.05, 4.69) is 4.74 Å². The van der Waals surface area contributed by atoms with Crippen LogP contribution in [-0.2, 0) is 10.9 Å². The fraction of sp³-hybridized carbons (Fsp3) is 0.562. The van der Waals surface area contributed by atoms with Gasteiger partial charge in [0.2, 0.25) is 0 Å². The Kier molecular flexibility index (Phi) is 7.57. The SMILES string of the molecule is CCCCCCOC(=O)c1cccc(OCC(F)(F)F)c1C(F)(F)F. The zero-order valence-electron chi connectivity index (χ0n) is 13.5. The number of alkyl halides is 6. The minimum Gasteiger partial charge on any atom is -0.483 e. The van der Waals surface area contributed by atoms with Crippen molar-refractivity contribution in [2.75, 3.05) is 13.2 Å². The van der Waals surface area contributed by atoms with Gasteiger partial charge in [-0.25, -0.2) is 4.79 Å². The third-order valence-electron chi connectivity index (χ3n) is 3.15. The molecular formula is C16H18F6O3. The number of benzene rings is 1. The van der Waals surface area contributed by atoms with Crippen molar-refractivity contribution in [3.8, 4) is 5.75 Å². The van der Waals surface area contributed by atoms with E-state index in [1.54, 1.807) is 0 Å². The molecule has 0 atom stereocenters. The maximum atomic E-state index is 13.2. The molecule has 0 unspecified atom stereocenters. The number of carbonyl (C=O) groups excluding carboxylic acids is 1. The molecule has 0 aromatic heterocycles. The topological polar surface area (TPSA) is 35.5 Å². The van der Waals surface area contributed by atoms with Crippen LogP contribution in [0, 0.1) is 0 Å². The second-order valence-electron chi connectivity index (χ2n) is 5.28. The van der Waals surface area contributed by atoms with Gasteiger partial charge in [-0.2, -0.15) is 26.3 Å². The molecule has 0 heterocycles. The Hall–Kier alpha value is -1.93. The van der Waals surface area contributed by atoms with Crippen LogP contribution in [0.4, 0.5) is 26.3 Å². The summed E-state index contributed by atoms with van der Waals surface area (Å²) in [5.74, 6) is -2.31. The van der Waals surface area contributed by atoms with Crippen LogP contribution in [0.2, 0.25) is 0 Å². The van der Waals surface area contributed by atoms with E-state index < -0.39 is 41.8 Å². The van der Waals surface area contributed by atoms with Crippen LogP contribution in [-0.4, -0.2) is 25.4 Å². The maximum Gasteiger partial charge on any atom is 0.422 e. The van der Waals surface area contributed by atoms with Gasteiger partial charge in [-0.3, -0.25) is 0 Å². The first-order valence-corrected chi connectivity index (χ1v) is 7.63. The standard InChI is InChI=1S/C16H18F6O3/c1-2-3-4-5-9-24-14(23)11-7-6-8-12(13(11)16(20,21)22)25-10-15(17,18)19/h6-8H,2-5,9-10H2,1H3. The number of rotatable bonds is 8. The van der Waals surface area contributed by atoms with Crippen molar-refractivity contribution in [1.29, 1.82) is 0 Å². The molecule has 9 heteroatoms. The van der Waals surface area contributed by atoms with Crippen LogP contribution >= 0.6 is 0 Å². The second kappa shape index (κ2) is 8.96.